The van der Waals surface area contributed by atoms with Crippen molar-refractivity contribution in [1.29, 1.82) is 0 Å². The number of benzene rings is 2. The zero-order valence-corrected chi connectivity index (χ0v) is 14.6. The molecule has 0 bridgehead atoms. The molecule has 0 spiro atoms. The molecule has 0 aliphatic carbocycles. The predicted octanol–water partition coefficient (Wildman–Crippen LogP) is 4.60. The van der Waals surface area contributed by atoms with E-state index in [1.165, 1.54) is 11.1 Å². The van der Waals surface area contributed by atoms with Crippen LogP contribution in [0, 0.1) is 13.8 Å². The van der Waals surface area contributed by atoms with Gasteiger partial charge in [0.1, 0.15) is 5.58 Å². The number of rotatable bonds is 5. The molecule has 0 saturated heterocycles. The largest absolute Gasteiger partial charge is 0.464 e. The number of furan rings is 1. The summed E-state index contributed by atoms with van der Waals surface area (Å²) in [6, 6.07) is 11.8. The van der Waals surface area contributed by atoms with Gasteiger partial charge in [-0.15, -0.1) is 0 Å². The minimum Gasteiger partial charge on any atom is -0.464 e. The first-order valence-electron chi connectivity index (χ1n) is 8.01. The van der Waals surface area contributed by atoms with E-state index in [0.29, 0.717) is 18.0 Å². The molecule has 4 heteroatoms. The Bertz CT molecular complexity index is 882. The van der Waals surface area contributed by atoms with Crippen LogP contribution in [0.15, 0.2) is 47.1 Å². The predicted molar refractivity (Wildman–Crippen MR) is 97.6 cm³/mol. The van der Waals surface area contributed by atoms with E-state index in [4.69, 9.17) is 16.0 Å². The number of amides is 1. The lowest BCUT2D eigenvalue weighted by Crippen LogP contribution is -2.27. The van der Waals surface area contributed by atoms with Crippen molar-refractivity contribution in [1.82, 2.24) is 5.32 Å². The summed E-state index contributed by atoms with van der Waals surface area (Å²) in [5.41, 5.74) is 5.26. The van der Waals surface area contributed by atoms with Gasteiger partial charge in [0.25, 0.3) is 0 Å². The minimum absolute atomic E-state index is 0.00189. The summed E-state index contributed by atoms with van der Waals surface area (Å²) >= 11 is 5.96. The number of fused-ring (bicyclic) bond motifs is 1. The molecule has 3 nitrogen and oxygen atoms in total. The van der Waals surface area contributed by atoms with Gasteiger partial charge in [-0.3, -0.25) is 4.79 Å². The maximum atomic E-state index is 12.2. The van der Waals surface area contributed by atoms with Crippen LogP contribution in [-0.2, 0) is 17.6 Å². The van der Waals surface area contributed by atoms with Gasteiger partial charge in [0.2, 0.25) is 5.91 Å². The first-order chi connectivity index (χ1) is 11.5. The smallest absolute Gasteiger partial charge is 0.224 e. The summed E-state index contributed by atoms with van der Waals surface area (Å²) < 4.78 is 5.58. The highest BCUT2D eigenvalue weighted by Gasteiger charge is 2.11. The number of hydrogen-bond acceptors (Lipinski definition) is 2. The van der Waals surface area contributed by atoms with Gasteiger partial charge in [-0.2, -0.15) is 0 Å². The second-order valence-electron chi connectivity index (χ2n) is 6.10. The van der Waals surface area contributed by atoms with E-state index >= 15 is 0 Å². The first kappa shape index (κ1) is 16.6. The number of nitrogens with one attached hydrogen (secondary N) is 1. The molecule has 0 fully saturated rings. The van der Waals surface area contributed by atoms with Gasteiger partial charge in [0.05, 0.1) is 12.7 Å². The number of halogens is 1. The Labute approximate surface area is 146 Å². The van der Waals surface area contributed by atoms with Gasteiger partial charge in [0.15, 0.2) is 0 Å². The quantitative estimate of drug-likeness (QED) is 0.736. The Kier molecular flexibility index (Phi) is 4.91. The van der Waals surface area contributed by atoms with Gasteiger partial charge in [-0.25, -0.2) is 0 Å². The Hall–Kier alpha value is -2.26. The third kappa shape index (κ3) is 3.80. The fourth-order valence-electron chi connectivity index (χ4n) is 2.75. The van der Waals surface area contributed by atoms with E-state index in [0.717, 1.165) is 28.5 Å². The Balaban J connectivity index is 1.60. The van der Waals surface area contributed by atoms with Crippen molar-refractivity contribution in [2.24, 2.45) is 0 Å². The summed E-state index contributed by atoms with van der Waals surface area (Å²) in [7, 11) is 0. The summed E-state index contributed by atoms with van der Waals surface area (Å²) in [4.78, 5) is 12.2. The van der Waals surface area contributed by atoms with Gasteiger partial charge in [-0.05, 0) is 61.2 Å². The SMILES string of the molecule is Cc1cc2occ(CC(=O)NCCc3cccc(Cl)c3)c2cc1C. The van der Waals surface area contributed by atoms with Crippen LogP contribution in [0.5, 0.6) is 0 Å². The first-order valence-corrected chi connectivity index (χ1v) is 8.39. The maximum absolute atomic E-state index is 12.2. The van der Waals surface area contributed by atoms with E-state index in [1.54, 1.807) is 6.26 Å². The third-order valence-electron chi connectivity index (χ3n) is 4.25. The van der Waals surface area contributed by atoms with E-state index in [-0.39, 0.29) is 5.91 Å². The Morgan fingerprint density at radius 1 is 1.17 bits per heavy atom. The van der Waals surface area contributed by atoms with Crippen molar-refractivity contribution >= 4 is 28.5 Å². The zero-order valence-electron chi connectivity index (χ0n) is 13.9. The lowest BCUT2D eigenvalue weighted by atomic mass is 10.0. The van der Waals surface area contributed by atoms with Crippen LogP contribution in [0.2, 0.25) is 5.02 Å². The van der Waals surface area contributed by atoms with Gasteiger partial charge in [-0.1, -0.05) is 23.7 Å². The normalized spacial score (nSPS) is 11.0. The van der Waals surface area contributed by atoms with Crippen LogP contribution < -0.4 is 5.32 Å². The fourth-order valence-corrected chi connectivity index (χ4v) is 2.96. The van der Waals surface area contributed by atoms with Crippen molar-refractivity contribution < 1.29 is 9.21 Å². The van der Waals surface area contributed by atoms with Crippen molar-refractivity contribution in [3.05, 3.63) is 69.9 Å². The van der Waals surface area contributed by atoms with Crippen LogP contribution in [0.4, 0.5) is 0 Å². The van der Waals surface area contributed by atoms with Crippen molar-refractivity contribution in [3.63, 3.8) is 0 Å². The molecule has 0 radical (unpaired) electrons. The second kappa shape index (κ2) is 7.10. The van der Waals surface area contributed by atoms with Crippen LogP contribution in [0.25, 0.3) is 11.0 Å². The Morgan fingerprint density at radius 3 is 2.75 bits per heavy atom. The third-order valence-corrected chi connectivity index (χ3v) is 4.48. The summed E-state index contributed by atoms with van der Waals surface area (Å²) in [6.07, 6.45) is 2.77. The molecule has 1 amide bonds. The van der Waals surface area contributed by atoms with Crippen LogP contribution in [-0.4, -0.2) is 12.5 Å². The summed E-state index contributed by atoms with van der Waals surface area (Å²) in [5.74, 6) is -0.00189. The number of carbonyl (C=O) groups is 1. The molecule has 1 heterocycles. The molecule has 0 aliphatic heterocycles. The molecule has 3 rings (SSSR count). The highest BCUT2D eigenvalue weighted by Crippen LogP contribution is 2.25. The highest BCUT2D eigenvalue weighted by molar-refractivity contribution is 6.30. The van der Waals surface area contributed by atoms with Gasteiger partial charge in [0, 0.05) is 22.5 Å². The zero-order chi connectivity index (χ0) is 17.1. The maximum Gasteiger partial charge on any atom is 0.224 e. The lowest BCUT2D eigenvalue weighted by molar-refractivity contribution is -0.120. The molecule has 1 aromatic heterocycles. The summed E-state index contributed by atoms with van der Waals surface area (Å²) in [5, 5.41) is 4.69. The average Bonchev–Trinajstić information content (AvgIpc) is 2.90. The van der Waals surface area contributed by atoms with E-state index in [9.17, 15) is 4.79 Å². The molecule has 3 aromatic rings. The van der Waals surface area contributed by atoms with Crippen LogP contribution in [0.3, 0.4) is 0 Å². The van der Waals surface area contributed by atoms with Crippen molar-refractivity contribution in [2.75, 3.05) is 6.54 Å². The fraction of sp³-hybridized carbons (Fsp3) is 0.250. The Morgan fingerprint density at radius 2 is 1.96 bits per heavy atom. The molecule has 1 N–H and O–H groups in total. The van der Waals surface area contributed by atoms with Gasteiger partial charge >= 0.3 is 0 Å². The highest BCUT2D eigenvalue weighted by atomic mass is 35.5. The molecule has 124 valence electrons. The molecule has 2 aromatic carbocycles. The molecular formula is C20H20ClNO2. The molecule has 0 unspecified atom stereocenters. The number of hydrogen-bond donors (Lipinski definition) is 1. The van der Waals surface area contributed by atoms with Crippen LogP contribution >= 0.6 is 11.6 Å². The number of carbonyl (C=O) groups excluding carboxylic acids is 1. The van der Waals surface area contributed by atoms with Crippen LogP contribution in [0.1, 0.15) is 22.3 Å². The van der Waals surface area contributed by atoms with E-state index in [1.807, 2.05) is 30.3 Å². The molecule has 0 atom stereocenters. The number of aryl methyl sites for hydroxylation is 2. The van der Waals surface area contributed by atoms with E-state index < -0.39 is 0 Å². The molecule has 0 aliphatic rings. The minimum atomic E-state index is -0.00189. The summed E-state index contributed by atoms with van der Waals surface area (Å²) in [6.45, 7) is 4.71. The van der Waals surface area contributed by atoms with Crippen molar-refractivity contribution in [3.8, 4) is 0 Å². The second-order valence-corrected chi connectivity index (χ2v) is 6.54. The molecular weight excluding hydrogens is 322 g/mol. The topological polar surface area (TPSA) is 42.2 Å². The van der Waals surface area contributed by atoms with Gasteiger partial charge < -0.3 is 9.73 Å². The van der Waals surface area contributed by atoms with E-state index in [2.05, 4.69) is 25.2 Å². The standard InChI is InChI=1S/C20H20ClNO2/c1-13-8-18-16(12-24-19(18)9-14(13)2)11-20(23)22-7-6-15-4-3-5-17(21)10-15/h3-5,8-10,12H,6-7,11H2,1-2H3,(H,22,23). The molecule has 0 saturated carbocycles. The lowest BCUT2D eigenvalue weighted by Gasteiger charge is -2.06. The average molecular weight is 342 g/mol. The molecule has 24 heavy (non-hydrogen) atoms. The van der Waals surface area contributed by atoms with Crippen molar-refractivity contribution in [2.45, 2.75) is 26.7 Å². The monoisotopic (exact) mass is 341 g/mol.